The van der Waals surface area contributed by atoms with Crippen LogP contribution in [0.15, 0.2) is 24.5 Å². The zero-order valence-electron chi connectivity index (χ0n) is 12.1. The number of carbonyl (C=O) groups is 2. The maximum absolute atomic E-state index is 12.1. The lowest BCUT2D eigenvalue weighted by molar-refractivity contribution is 0.102. The summed E-state index contributed by atoms with van der Waals surface area (Å²) in [4.78, 5) is 29.6. The minimum absolute atomic E-state index is 0.128. The fourth-order valence-corrected chi connectivity index (χ4v) is 2.33. The third kappa shape index (κ3) is 2.62. The van der Waals surface area contributed by atoms with Crippen LogP contribution in [0.1, 0.15) is 28.5 Å². The minimum atomic E-state index is -0.279. The second-order valence-electron chi connectivity index (χ2n) is 4.92. The van der Waals surface area contributed by atoms with Gasteiger partial charge in [-0.15, -0.1) is 0 Å². The molecule has 8 heteroatoms. The summed E-state index contributed by atoms with van der Waals surface area (Å²) < 4.78 is 0. The molecule has 0 bridgehead atoms. The second kappa shape index (κ2) is 5.84. The molecule has 3 amide bonds. The summed E-state index contributed by atoms with van der Waals surface area (Å²) in [5, 5.41) is 12.5. The van der Waals surface area contributed by atoms with Crippen molar-refractivity contribution in [1.82, 2.24) is 25.4 Å². The SMILES string of the molecule is CCNC(=O)N1Cc2[nH]nc(NC(=O)c3cccnc3)c2C1. The number of amides is 3. The fraction of sp³-hybridized carbons (Fsp3) is 0.286. The Morgan fingerprint density at radius 1 is 1.41 bits per heavy atom. The van der Waals surface area contributed by atoms with Gasteiger partial charge in [0, 0.05) is 24.5 Å². The third-order valence-corrected chi connectivity index (χ3v) is 3.42. The van der Waals surface area contributed by atoms with Crippen LogP contribution in [0.3, 0.4) is 0 Å². The van der Waals surface area contributed by atoms with Gasteiger partial charge < -0.3 is 15.5 Å². The van der Waals surface area contributed by atoms with Gasteiger partial charge in [0.05, 0.1) is 24.3 Å². The Morgan fingerprint density at radius 2 is 2.27 bits per heavy atom. The molecule has 0 spiro atoms. The highest BCUT2D eigenvalue weighted by Crippen LogP contribution is 2.27. The Labute approximate surface area is 126 Å². The maximum atomic E-state index is 12.1. The van der Waals surface area contributed by atoms with Crippen LogP contribution >= 0.6 is 0 Å². The maximum Gasteiger partial charge on any atom is 0.318 e. The molecule has 0 unspecified atom stereocenters. The number of pyridine rings is 1. The number of nitrogens with zero attached hydrogens (tertiary/aromatic N) is 3. The summed E-state index contributed by atoms with van der Waals surface area (Å²) in [6.45, 7) is 3.32. The van der Waals surface area contributed by atoms with Crippen molar-refractivity contribution >= 4 is 17.8 Å². The first kappa shape index (κ1) is 14.1. The van der Waals surface area contributed by atoms with E-state index in [-0.39, 0.29) is 11.9 Å². The van der Waals surface area contributed by atoms with Crippen LogP contribution < -0.4 is 10.6 Å². The number of aromatic nitrogens is 3. The average molecular weight is 300 g/mol. The minimum Gasteiger partial charge on any atom is -0.338 e. The van der Waals surface area contributed by atoms with E-state index >= 15 is 0 Å². The summed E-state index contributed by atoms with van der Waals surface area (Å²) in [7, 11) is 0. The molecular formula is C14H16N6O2. The third-order valence-electron chi connectivity index (χ3n) is 3.42. The summed E-state index contributed by atoms with van der Waals surface area (Å²) in [5.74, 6) is 0.175. The Bertz CT molecular complexity index is 697. The van der Waals surface area contributed by atoms with Crippen LogP contribution in [0.4, 0.5) is 10.6 Å². The largest absolute Gasteiger partial charge is 0.338 e. The van der Waals surface area contributed by atoms with E-state index in [0.29, 0.717) is 31.0 Å². The molecular weight excluding hydrogens is 284 g/mol. The highest BCUT2D eigenvalue weighted by Gasteiger charge is 2.28. The summed E-state index contributed by atoms with van der Waals surface area (Å²) in [5.41, 5.74) is 2.13. The van der Waals surface area contributed by atoms with Crippen molar-refractivity contribution in [2.45, 2.75) is 20.0 Å². The topological polar surface area (TPSA) is 103 Å². The van der Waals surface area contributed by atoms with Gasteiger partial charge in [0.25, 0.3) is 5.91 Å². The molecule has 2 aromatic heterocycles. The molecule has 0 aromatic carbocycles. The predicted molar refractivity (Wildman–Crippen MR) is 79.1 cm³/mol. The first-order valence-corrected chi connectivity index (χ1v) is 6.99. The highest BCUT2D eigenvalue weighted by atomic mass is 16.2. The lowest BCUT2D eigenvalue weighted by atomic mass is 10.2. The van der Waals surface area contributed by atoms with E-state index in [9.17, 15) is 9.59 Å². The quantitative estimate of drug-likeness (QED) is 0.789. The second-order valence-corrected chi connectivity index (χ2v) is 4.92. The van der Waals surface area contributed by atoms with Gasteiger partial charge in [0.2, 0.25) is 0 Å². The van der Waals surface area contributed by atoms with E-state index in [0.717, 1.165) is 11.3 Å². The lowest BCUT2D eigenvalue weighted by Crippen LogP contribution is -2.36. The molecule has 8 nitrogen and oxygen atoms in total. The van der Waals surface area contributed by atoms with Gasteiger partial charge in [-0.05, 0) is 19.1 Å². The van der Waals surface area contributed by atoms with E-state index in [1.807, 2.05) is 6.92 Å². The smallest absolute Gasteiger partial charge is 0.318 e. The van der Waals surface area contributed by atoms with Crippen LogP contribution in [0, 0.1) is 0 Å². The average Bonchev–Trinajstić information content (AvgIpc) is 3.10. The molecule has 0 radical (unpaired) electrons. The van der Waals surface area contributed by atoms with E-state index in [1.165, 1.54) is 6.20 Å². The molecule has 3 N–H and O–H groups in total. The molecule has 3 heterocycles. The number of hydrogen-bond donors (Lipinski definition) is 3. The van der Waals surface area contributed by atoms with Crippen LogP contribution in [-0.4, -0.2) is 38.6 Å². The predicted octanol–water partition coefficient (Wildman–Crippen LogP) is 1.10. The van der Waals surface area contributed by atoms with Crippen LogP contribution in [0.25, 0.3) is 0 Å². The monoisotopic (exact) mass is 300 g/mol. The van der Waals surface area contributed by atoms with Gasteiger partial charge in [-0.3, -0.25) is 14.9 Å². The summed E-state index contributed by atoms with van der Waals surface area (Å²) in [6, 6.07) is 3.24. The van der Waals surface area contributed by atoms with Gasteiger partial charge in [-0.25, -0.2) is 4.79 Å². The lowest BCUT2D eigenvalue weighted by Gasteiger charge is -2.15. The van der Waals surface area contributed by atoms with Crippen molar-refractivity contribution in [1.29, 1.82) is 0 Å². The van der Waals surface area contributed by atoms with E-state index < -0.39 is 0 Å². The van der Waals surface area contributed by atoms with Crippen molar-refractivity contribution in [2.75, 3.05) is 11.9 Å². The van der Waals surface area contributed by atoms with Crippen LogP contribution in [-0.2, 0) is 13.1 Å². The molecule has 3 rings (SSSR count). The Kier molecular flexibility index (Phi) is 3.73. The Balaban J connectivity index is 1.72. The Morgan fingerprint density at radius 3 is 3.00 bits per heavy atom. The number of urea groups is 1. The first-order valence-electron chi connectivity index (χ1n) is 6.99. The molecule has 22 heavy (non-hydrogen) atoms. The van der Waals surface area contributed by atoms with Gasteiger partial charge >= 0.3 is 6.03 Å². The summed E-state index contributed by atoms with van der Waals surface area (Å²) >= 11 is 0. The highest BCUT2D eigenvalue weighted by molar-refractivity contribution is 6.04. The molecule has 0 saturated heterocycles. The van der Waals surface area contributed by atoms with E-state index in [2.05, 4.69) is 25.8 Å². The molecule has 0 aliphatic carbocycles. The first-order chi connectivity index (χ1) is 10.7. The van der Waals surface area contributed by atoms with E-state index in [1.54, 1.807) is 23.2 Å². The number of aromatic amines is 1. The molecule has 114 valence electrons. The molecule has 0 atom stereocenters. The number of H-pyrrole nitrogens is 1. The summed E-state index contributed by atoms with van der Waals surface area (Å²) in [6.07, 6.45) is 3.09. The number of hydrogen-bond acceptors (Lipinski definition) is 4. The number of carbonyl (C=O) groups excluding carboxylic acids is 2. The van der Waals surface area contributed by atoms with Gasteiger partial charge in [-0.1, -0.05) is 0 Å². The zero-order valence-corrected chi connectivity index (χ0v) is 12.1. The van der Waals surface area contributed by atoms with Crippen molar-refractivity contribution < 1.29 is 9.59 Å². The van der Waals surface area contributed by atoms with Gasteiger partial charge in [-0.2, -0.15) is 5.10 Å². The number of rotatable bonds is 3. The normalized spacial score (nSPS) is 12.9. The number of anilines is 1. The molecule has 1 aliphatic rings. The van der Waals surface area contributed by atoms with Crippen molar-refractivity contribution in [3.8, 4) is 0 Å². The van der Waals surface area contributed by atoms with Crippen molar-refractivity contribution in [3.05, 3.63) is 41.3 Å². The van der Waals surface area contributed by atoms with E-state index in [4.69, 9.17) is 0 Å². The molecule has 2 aromatic rings. The standard InChI is InChI=1S/C14H16N6O2/c1-2-16-14(22)20-7-10-11(8-20)18-19-12(10)17-13(21)9-4-3-5-15-6-9/h3-6H,2,7-8H2,1H3,(H,16,22)(H2,17,18,19,21). The Hall–Kier alpha value is -2.90. The van der Waals surface area contributed by atoms with Gasteiger partial charge in [0.15, 0.2) is 5.82 Å². The van der Waals surface area contributed by atoms with Crippen molar-refractivity contribution in [3.63, 3.8) is 0 Å². The van der Waals surface area contributed by atoms with Crippen LogP contribution in [0.5, 0.6) is 0 Å². The zero-order chi connectivity index (χ0) is 15.5. The van der Waals surface area contributed by atoms with Crippen molar-refractivity contribution in [2.24, 2.45) is 0 Å². The van der Waals surface area contributed by atoms with Gasteiger partial charge in [0.1, 0.15) is 0 Å². The fourth-order valence-electron chi connectivity index (χ4n) is 2.33. The molecule has 1 aliphatic heterocycles. The molecule has 0 saturated carbocycles. The number of fused-ring (bicyclic) bond motifs is 1. The van der Waals surface area contributed by atoms with Crippen LogP contribution in [0.2, 0.25) is 0 Å². The molecule has 0 fully saturated rings. The number of nitrogens with one attached hydrogen (secondary N) is 3.